The van der Waals surface area contributed by atoms with Crippen LogP contribution in [0.5, 0.6) is 0 Å². The van der Waals surface area contributed by atoms with E-state index in [-0.39, 0.29) is 17.2 Å². The number of anilines is 2. The molecule has 0 atom stereocenters. The van der Waals surface area contributed by atoms with E-state index in [1.807, 2.05) is 24.3 Å². The summed E-state index contributed by atoms with van der Waals surface area (Å²) < 4.78 is 0. The van der Waals surface area contributed by atoms with Gasteiger partial charge >= 0.3 is 0 Å². The van der Waals surface area contributed by atoms with Crippen LogP contribution < -0.4 is 15.8 Å². The van der Waals surface area contributed by atoms with E-state index < -0.39 is 0 Å². The first-order chi connectivity index (χ1) is 13.2. The van der Waals surface area contributed by atoms with Crippen molar-refractivity contribution >= 4 is 28.1 Å². The van der Waals surface area contributed by atoms with E-state index in [4.69, 9.17) is 0 Å². The molecule has 1 amide bonds. The third-order valence-corrected chi connectivity index (χ3v) is 5.01. The van der Waals surface area contributed by atoms with E-state index in [9.17, 15) is 9.59 Å². The summed E-state index contributed by atoms with van der Waals surface area (Å²) in [5, 5.41) is 10.2. The topological polar surface area (TPSA) is 78.1 Å². The molecule has 3 aromatic rings. The lowest BCUT2D eigenvalue weighted by atomic mass is 10.1. The van der Waals surface area contributed by atoms with Crippen LogP contribution in [0.1, 0.15) is 36.2 Å². The highest BCUT2D eigenvalue weighted by Crippen LogP contribution is 2.22. The number of aromatic amines is 1. The van der Waals surface area contributed by atoms with Crippen molar-refractivity contribution in [2.24, 2.45) is 0 Å². The zero-order valence-electron chi connectivity index (χ0n) is 15.1. The first-order valence-electron chi connectivity index (χ1n) is 9.36. The number of rotatable bonds is 3. The lowest BCUT2D eigenvalue weighted by Crippen LogP contribution is -2.23. The zero-order valence-corrected chi connectivity index (χ0v) is 15.1. The molecule has 1 saturated heterocycles. The van der Waals surface area contributed by atoms with Crippen molar-refractivity contribution in [3.63, 3.8) is 0 Å². The summed E-state index contributed by atoms with van der Waals surface area (Å²) in [6.45, 7) is 2.16. The molecule has 1 aromatic heterocycles. The number of benzene rings is 2. The predicted octanol–water partition coefficient (Wildman–Crippen LogP) is 3.56. The molecule has 4 rings (SSSR count). The van der Waals surface area contributed by atoms with Crippen molar-refractivity contribution < 1.29 is 4.79 Å². The Labute approximate surface area is 157 Å². The van der Waals surface area contributed by atoms with Crippen molar-refractivity contribution in [1.29, 1.82) is 0 Å². The lowest BCUT2D eigenvalue weighted by molar-refractivity contribution is 0.102. The number of hydrogen-bond acceptors (Lipinski definition) is 4. The van der Waals surface area contributed by atoms with Gasteiger partial charge in [-0.3, -0.25) is 9.59 Å². The minimum absolute atomic E-state index is 0.210. The Kier molecular flexibility index (Phi) is 4.87. The summed E-state index contributed by atoms with van der Waals surface area (Å²) in [6.07, 6.45) is 5.04. The van der Waals surface area contributed by atoms with E-state index in [1.54, 1.807) is 24.3 Å². The Morgan fingerprint density at radius 3 is 2.30 bits per heavy atom. The molecule has 138 valence electrons. The Hall–Kier alpha value is -3.15. The molecule has 2 aromatic carbocycles. The first kappa shape index (κ1) is 17.3. The fraction of sp³-hybridized carbons (Fsp3) is 0.286. The van der Waals surface area contributed by atoms with E-state index >= 15 is 0 Å². The third-order valence-electron chi connectivity index (χ3n) is 5.01. The van der Waals surface area contributed by atoms with Crippen molar-refractivity contribution in [2.75, 3.05) is 23.3 Å². The maximum atomic E-state index is 12.7. The number of amides is 1. The lowest BCUT2D eigenvalue weighted by Gasteiger charge is -2.22. The molecule has 0 aliphatic carbocycles. The van der Waals surface area contributed by atoms with Crippen LogP contribution in [-0.2, 0) is 0 Å². The molecule has 0 unspecified atom stereocenters. The Bertz CT molecular complexity index is 1000. The molecule has 1 aliphatic rings. The van der Waals surface area contributed by atoms with Gasteiger partial charge in [0.2, 0.25) is 0 Å². The normalized spacial score (nSPS) is 14.7. The van der Waals surface area contributed by atoms with Crippen LogP contribution in [-0.4, -0.2) is 29.2 Å². The molecule has 0 bridgehead atoms. The molecule has 2 heterocycles. The van der Waals surface area contributed by atoms with Gasteiger partial charge in [-0.1, -0.05) is 31.0 Å². The molecule has 2 N–H and O–H groups in total. The summed E-state index contributed by atoms with van der Waals surface area (Å²) in [4.78, 5) is 26.9. The van der Waals surface area contributed by atoms with E-state index in [2.05, 4.69) is 20.4 Å². The SMILES string of the molecule is O=C(Nc1ccc(N2CCCCCC2)cc1)c1n[nH]c(=O)c2ccccc12. The summed E-state index contributed by atoms with van der Waals surface area (Å²) in [5.74, 6) is -0.343. The molecular formula is C21H22N4O2. The van der Waals surface area contributed by atoms with E-state index in [0.717, 1.165) is 13.1 Å². The fourth-order valence-corrected chi connectivity index (χ4v) is 3.56. The molecule has 1 aliphatic heterocycles. The second-order valence-electron chi connectivity index (χ2n) is 6.85. The largest absolute Gasteiger partial charge is 0.372 e. The van der Waals surface area contributed by atoms with Gasteiger partial charge in [0.05, 0.1) is 5.39 Å². The number of nitrogens with one attached hydrogen (secondary N) is 2. The van der Waals surface area contributed by atoms with Crippen LogP contribution in [0.15, 0.2) is 53.3 Å². The fourth-order valence-electron chi connectivity index (χ4n) is 3.56. The zero-order chi connectivity index (χ0) is 18.6. The second kappa shape index (κ2) is 7.61. The maximum Gasteiger partial charge on any atom is 0.276 e. The molecular weight excluding hydrogens is 340 g/mol. The van der Waals surface area contributed by atoms with Crippen LogP contribution in [0.25, 0.3) is 10.8 Å². The number of fused-ring (bicyclic) bond motifs is 1. The first-order valence-corrected chi connectivity index (χ1v) is 9.36. The number of hydrogen-bond donors (Lipinski definition) is 2. The molecule has 6 nitrogen and oxygen atoms in total. The highest BCUT2D eigenvalue weighted by Gasteiger charge is 2.15. The summed E-state index contributed by atoms with van der Waals surface area (Å²) >= 11 is 0. The van der Waals surface area contributed by atoms with Gasteiger partial charge in [-0.2, -0.15) is 5.10 Å². The van der Waals surface area contributed by atoms with Crippen molar-refractivity contribution in [2.45, 2.75) is 25.7 Å². The summed E-state index contributed by atoms with van der Waals surface area (Å²) in [6, 6.07) is 14.9. The second-order valence-corrected chi connectivity index (χ2v) is 6.85. The minimum atomic E-state index is -0.343. The molecule has 0 radical (unpaired) electrons. The van der Waals surface area contributed by atoms with E-state index in [1.165, 1.54) is 31.4 Å². The average molecular weight is 362 g/mol. The maximum absolute atomic E-state index is 12.7. The van der Waals surface area contributed by atoms with E-state index in [0.29, 0.717) is 16.5 Å². The Balaban J connectivity index is 1.53. The summed E-state index contributed by atoms with van der Waals surface area (Å²) in [7, 11) is 0. The van der Waals surface area contributed by atoms with Gasteiger partial charge in [-0.15, -0.1) is 0 Å². The Morgan fingerprint density at radius 2 is 1.59 bits per heavy atom. The number of carbonyl (C=O) groups is 1. The molecule has 0 saturated carbocycles. The van der Waals surface area contributed by atoms with Crippen LogP contribution in [0, 0.1) is 0 Å². The molecule has 6 heteroatoms. The molecule has 1 fully saturated rings. The monoisotopic (exact) mass is 362 g/mol. The predicted molar refractivity (Wildman–Crippen MR) is 107 cm³/mol. The van der Waals surface area contributed by atoms with Crippen LogP contribution in [0.2, 0.25) is 0 Å². The van der Waals surface area contributed by atoms with Crippen LogP contribution in [0.4, 0.5) is 11.4 Å². The molecule has 0 spiro atoms. The number of H-pyrrole nitrogens is 1. The van der Waals surface area contributed by atoms with Gasteiger partial charge in [0.1, 0.15) is 0 Å². The quantitative estimate of drug-likeness (QED) is 0.747. The van der Waals surface area contributed by atoms with Gasteiger partial charge in [0.25, 0.3) is 11.5 Å². The number of aromatic nitrogens is 2. The highest BCUT2D eigenvalue weighted by molar-refractivity contribution is 6.11. The summed E-state index contributed by atoms with van der Waals surface area (Å²) in [5.41, 5.74) is 1.80. The Morgan fingerprint density at radius 1 is 0.926 bits per heavy atom. The number of nitrogens with zero attached hydrogens (tertiary/aromatic N) is 2. The van der Waals surface area contributed by atoms with Crippen LogP contribution in [0.3, 0.4) is 0 Å². The van der Waals surface area contributed by atoms with Crippen molar-refractivity contribution in [3.05, 3.63) is 64.6 Å². The third kappa shape index (κ3) is 3.69. The van der Waals surface area contributed by atoms with Gasteiger partial charge < -0.3 is 10.2 Å². The van der Waals surface area contributed by atoms with Gasteiger partial charge in [-0.25, -0.2) is 5.10 Å². The standard InChI is InChI=1S/C21H22N4O2/c26-20-18-8-4-3-7-17(18)19(23-24-20)21(27)22-15-9-11-16(12-10-15)25-13-5-1-2-6-14-25/h3-4,7-12H,1-2,5-6,13-14H2,(H,22,27)(H,24,26). The average Bonchev–Trinajstić information content (AvgIpc) is 2.98. The van der Waals surface area contributed by atoms with Gasteiger partial charge in [0.15, 0.2) is 5.69 Å². The highest BCUT2D eigenvalue weighted by atomic mass is 16.2. The van der Waals surface area contributed by atoms with Gasteiger partial charge in [-0.05, 0) is 43.2 Å². The van der Waals surface area contributed by atoms with Gasteiger partial charge in [0, 0.05) is 29.9 Å². The van der Waals surface area contributed by atoms with Crippen molar-refractivity contribution in [1.82, 2.24) is 10.2 Å². The molecule has 27 heavy (non-hydrogen) atoms. The van der Waals surface area contributed by atoms with Crippen LogP contribution >= 0.6 is 0 Å². The van der Waals surface area contributed by atoms with Crippen molar-refractivity contribution in [3.8, 4) is 0 Å². The minimum Gasteiger partial charge on any atom is -0.372 e. The number of carbonyl (C=O) groups excluding carboxylic acids is 1. The smallest absolute Gasteiger partial charge is 0.276 e.